The van der Waals surface area contributed by atoms with Crippen LogP contribution in [0.3, 0.4) is 0 Å². The Morgan fingerprint density at radius 3 is 2.44 bits per heavy atom. The van der Waals surface area contributed by atoms with Crippen molar-refractivity contribution in [3.63, 3.8) is 0 Å². The molecule has 0 aliphatic heterocycles. The maximum atomic E-state index is 11.8. The number of ether oxygens (including phenoxy) is 2. The van der Waals surface area contributed by atoms with Gasteiger partial charge < -0.3 is 14.8 Å². The van der Waals surface area contributed by atoms with Crippen molar-refractivity contribution in [2.75, 3.05) is 19.5 Å². The highest BCUT2D eigenvalue weighted by Gasteiger charge is 2.07. The topological polar surface area (TPSA) is 76.2 Å². The molecule has 0 radical (unpaired) electrons. The molecule has 0 aliphatic carbocycles. The average Bonchev–Trinajstić information content (AvgIpc) is 3.07. The number of rotatable bonds is 10. The molecule has 0 fully saturated rings. The lowest BCUT2D eigenvalue weighted by atomic mass is 10.1. The van der Waals surface area contributed by atoms with E-state index in [1.807, 2.05) is 24.3 Å². The third kappa shape index (κ3) is 6.14. The van der Waals surface area contributed by atoms with E-state index in [2.05, 4.69) is 22.4 Å². The highest BCUT2D eigenvalue weighted by atomic mass is 16.5. The summed E-state index contributed by atoms with van der Waals surface area (Å²) in [5.41, 5.74) is 2.10. The molecule has 136 valence electrons. The molecule has 0 saturated heterocycles. The third-order valence-electron chi connectivity index (χ3n) is 4.00. The number of anilines is 1. The zero-order chi connectivity index (χ0) is 18.1. The van der Waals surface area contributed by atoms with Crippen molar-refractivity contribution in [2.24, 2.45) is 0 Å². The van der Waals surface area contributed by atoms with Gasteiger partial charge in [-0.2, -0.15) is 5.10 Å². The van der Waals surface area contributed by atoms with Crippen LogP contribution in [0.25, 0.3) is 0 Å². The molecule has 0 aliphatic rings. The molecule has 0 spiro atoms. The van der Waals surface area contributed by atoms with E-state index >= 15 is 0 Å². The summed E-state index contributed by atoms with van der Waals surface area (Å²) < 4.78 is 10.6. The second kappa shape index (κ2) is 9.71. The molecule has 1 amide bonds. The predicted octanol–water partition coefficient (Wildman–Crippen LogP) is 3.73. The van der Waals surface area contributed by atoms with Crippen LogP contribution in [-0.2, 0) is 17.6 Å². The fraction of sp³-hybridized carbons (Fsp3) is 0.474. The molecule has 0 bridgehead atoms. The van der Waals surface area contributed by atoms with Gasteiger partial charge in [-0.25, -0.2) is 0 Å². The van der Waals surface area contributed by atoms with Crippen LogP contribution in [0.2, 0.25) is 0 Å². The van der Waals surface area contributed by atoms with Crippen molar-refractivity contribution < 1.29 is 14.3 Å². The first-order valence-corrected chi connectivity index (χ1v) is 8.70. The highest BCUT2D eigenvalue weighted by Crippen LogP contribution is 2.23. The summed E-state index contributed by atoms with van der Waals surface area (Å²) in [4.78, 5) is 11.8. The van der Waals surface area contributed by atoms with Gasteiger partial charge in [0.2, 0.25) is 5.91 Å². The molecule has 2 rings (SSSR count). The SMILES string of the molecule is CCCCCC(=O)Nc1cc(CCc2cc(OC)cc(OC)c2)[nH]n1. The fourth-order valence-electron chi connectivity index (χ4n) is 2.58. The normalized spacial score (nSPS) is 10.5. The van der Waals surface area contributed by atoms with E-state index in [1.165, 1.54) is 0 Å². The molecule has 1 aromatic carbocycles. The summed E-state index contributed by atoms with van der Waals surface area (Å²) >= 11 is 0. The minimum absolute atomic E-state index is 0.0176. The summed E-state index contributed by atoms with van der Waals surface area (Å²) in [6.45, 7) is 2.12. The van der Waals surface area contributed by atoms with E-state index in [0.29, 0.717) is 12.2 Å². The molecule has 2 aromatic rings. The monoisotopic (exact) mass is 345 g/mol. The van der Waals surface area contributed by atoms with Gasteiger partial charge in [0.25, 0.3) is 0 Å². The van der Waals surface area contributed by atoms with E-state index in [-0.39, 0.29) is 5.91 Å². The van der Waals surface area contributed by atoms with Crippen LogP contribution in [0.5, 0.6) is 11.5 Å². The van der Waals surface area contributed by atoms with Gasteiger partial charge in [0.15, 0.2) is 5.82 Å². The number of H-pyrrole nitrogens is 1. The molecular formula is C19H27N3O3. The van der Waals surface area contributed by atoms with Crippen molar-refractivity contribution in [2.45, 2.75) is 45.4 Å². The van der Waals surface area contributed by atoms with Crippen LogP contribution in [0.1, 0.15) is 43.9 Å². The molecule has 0 unspecified atom stereocenters. The van der Waals surface area contributed by atoms with Gasteiger partial charge in [-0.1, -0.05) is 19.8 Å². The van der Waals surface area contributed by atoms with Crippen molar-refractivity contribution in [1.82, 2.24) is 10.2 Å². The number of benzene rings is 1. The van der Waals surface area contributed by atoms with Crippen LogP contribution in [0, 0.1) is 0 Å². The van der Waals surface area contributed by atoms with Crippen LogP contribution in [0.4, 0.5) is 5.82 Å². The number of hydrogen-bond acceptors (Lipinski definition) is 4. The lowest BCUT2D eigenvalue weighted by Gasteiger charge is -2.08. The van der Waals surface area contributed by atoms with Crippen molar-refractivity contribution in [3.05, 3.63) is 35.5 Å². The molecule has 1 aromatic heterocycles. The molecule has 0 saturated carbocycles. The Bertz CT molecular complexity index is 660. The number of hydrogen-bond donors (Lipinski definition) is 2. The fourth-order valence-corrected chi connectivity index (χ4v) is 2.58. The summed E-state index contributed by atoms with van der Waals surface area (Å²) in [6, 6.07) is 7.73. The first-order chi connectivity index (χ1) is 12.1. The van der Waals surface area contributed by atoms with Crippen molar-refractivity contribution >= 4 is 11.7 Å². The lowest BCUT2D eigenvalue weighted by Crippen LogP contribution is -2.11. The van der Waals surface area contributed by atoms with Crippen LogP contribution in [-0.4, -0.2) is 30.3 Å². The number of unbranched alkanes of at least 4 members (excludes halogenated alkanes) is 2. The van der Waals surface area contributed by atoms with Gasteiger partial charge in [-0.05, 0) is 37.0 Å². The molecular weight excluding hydrogens is 318 g/mol. The van der Waals surface area contributed by atoms with Gasteiger partial charge in [0.05, 0.1) is 14.2 Å². The Balaban J connectivity index is 1.88. The molecule has 6 nitrogen and oxygen atoms in total. The Labute approximate surface area is 148 Å². The summed E-state index contributed by atoms with van der Waals surface area (Å²) in [5, 5.41) is 9.97. The van der Waals surface area contributed by atoms with E-state index < -0.39 is 0 Å². The van der Waals surface area contributed by atoms with Gasteiger partial charge in [-0.15, -0.1) is 0 Å². The van der Waals surface area contributed by atoms with E-state index in [4.69, 9.17) is 9.47 Å². The highest BCUT2D eigenvalue weighted by molar-refractivity contribution is 5.89. The van der Waals surface area contributed by atoms with Gasteiger partial charge >= 0.3 is 0 Å². The zero-order valence-corrected chi connectivity index (χ0v) is 15.2. The Kier molecular flexibility index (Phi) is 7.32. The number of aryl methyl sites for hydroxylation is 2. The maximum Gasteiger partial charge on any atom is 0.225 e. The molecule has 2 N–H and O–H groups in total. The van der Waals surface area contributed by atoms with Crippen molar-refractivity contribution in [3.8, 4) is 11.5 Å². The average molecular weight is 345 g/mol. The number of nitrogens with one attached hydrogen (secondary N) is 2. The van der Waals surface area contributed by atoms with Crippen molar-refractivity contribution in [1.29, 1.82) is 0 Å². The standard InChI is InChI=1S/C19H27N3O3/c1-4-5-6-7-19(23)20-18-12-15(21-22-18)9-8-14-10-16(24-2)13-17(11-14)25-3/h10-13H,4-9H2,1-3H3,(H2,20,21,22,23). The first kappa shape index (κ1) is 18.8. The third-order valence-corrected chi connectivity index (χ3v) is 4.00. The number of methoxy groups -OCH3 is 2. The smallest absolute Gasteiger partial charge is 0.225 e. The van der Waals surface area contributed by atoms with Crippen LogP contribution >= 0.6 is 0 Å². The summed E-state index contributed by atoms with van der Waals surface area (Å²) in [5.74, 6) is 2.15. The second-order valence-electron chi connectivity index (χ2n) is 6.00. The number of nitrogens with zero attached hydrogens (tertiary/aromatic N) is 1. The first-order valence-electron chi connectivity index (χ1n) is 8.70. The summed E-state index contributed by atoms with van der Waals surface area (Å²) in [6.07, 6.45) is 5.24. The number of carbonyl (C=O) groups excluding carboxylic acids is 1. The number of aromatic amines is 1. The number of carbonyl (C=O) groups is 1. The minimum atomic E-state index is 0.0176. The van der Waals surface area contributed by atoms with Crippen LogP contribution in [0.15, 0.2) is 24.3 Å². The molecule has 6 heteroatoms. The summed E-state index contributed by atoms with van der Waals surface area (Å²) in [7, 11) is 3.28. The largest absolute Gasteiger partial charge is 0.497 e. The minimum Gasteiger partial charge on any atom is -0.497 e. The Hall–Kier alpha value is -2.50. The maximum absolute atomic E-state index is 11.8. The number of aromatic nitrogens is 2. The Morgan fingerprint density at radius 1 is 1.08 bits per heavy atom. The molecule has 1 heterocycles. The number of amides is 1. The molecule has 25 heavy (non-hydrogen) atoms. The van der Waals surface area contributed by atoms with E-state index in [9.17, 15) is 4.79 Å². The predicted molar refractivity (Wildman–Crippen MR) is 98.3 cm³/mol. The lowest BCUT2D eigenvalue weighted by molar-refractivity contribution is -0.116. The quantitative estimate of drug-likeness (QED) is 0.643. The second-order valence-corrected chi connectivity index (χ2v) is 6.00. The Morgan fingerprint density at radius 2 is 1.80 bits per heavy atom. The van der Waals surface area contributed by atoms with Gasteiger partial charge in [0.1, 0.15) is 11.5 Å². The van der Waals surface area contributed by atoms with Gasteiger partial charge in [-0.3, -0.25) is 9.89 Å². The molecule has 0 atom stereocenters. The van der Waals surface area contributed by atoms with Gasteiger partial charge in [0, 0.05) is 24.2 Å². The van der Waals surface area contributed by atoms with E-state index in [0.717, 1.165) is 54.9 Å². The van der Waals surface area contributed by atoms with E-state index in [1.54, 1.807) is 14.2 Å². The van der Waals surface area contributed by atoms with Crippen LogP contribution < -0.4 is 14.8 Å². The zero-order valence-electron chi connectivity index (χ0n) is 15.2.